The molecule has 174 valence electrons. The molecule has 4 rings (SSSR count). The Kier molecular flexibility index (Phi) is 8.01. The minimum Gasteiger partial charge on any atom is -0.0613 e. The highest BCUT2D eigenvalue weighted by Gasteiger charge is 2.09. The molecule has 0 nitrogen and oxygen atoms in total. The van der Waals surface area contributed by atoms with Crippen molar-refractivity contribution in [2.75, 3.05) is 0 Å². The molecule has 4 aromatic rings. The number of hydrogen-bond acceptors (Lipinski definition) is 0. The summed E-state index contributed by atoms with van der Waals surface area (Å²) in [6.45, 7) is 8.97. The van der Waals surface area contributed by atoms with Crippen LogP contribution in [0, 0.1) is 6.92 Å². The lowest BCUT2D eigenvalue weighted by atomic mass is 9.90. The van der Waals surface area contributed by atoms with Crippen LogP contribution in [0.25, 0.3) is 0 Å². The molecule has 0 heterocycles. The largest absolute Gasteiger partial charge is 0.0613 e. The Hall–Kier alpha value is -3.12. The van der Waals surface area contributed by atoms with Gasteiger partial charge in [-0.1, -0.05) is 106 Å². The second kappa shape index (κ2) is 11.3. The summed E-state index contributed by atoms with van der Waals surface area (Å²) < 4.78 is 0. The molecule has 0 heteroatoms. The van der Waals surface area contributed by atoms with Gasteiger partial charge in [-0.15, -0.1) is 0 Å². The third-order valence-electron chi connectivity index (χ3n) is 7.12. The third kappa shape index (κ3) is 6.06. The Morgan fingerprint density at radius 2 is 0.765 bits per heavy atom. The molecule has 0 aromatic heterocycles. The normalized spacial score (nSPS) is 11.1. The number of aryl methyl sites for hydroxylation is 4. The second-order valence-corrected chi connectivity index (χ2v) is 9.59. The first-order valence-corrected chi connectivity index (χ1v) is 12.9. The molecule has 0 spiro atoms. The van der Waals surface area contributed by atoms with Crippen LogP contribution in [0.5, 0.6) is 0 Å². The van der Waals surface area contributed by atoms with E-state index in [2.05, 4.69) is 113 Å². The van der Waals surface area contributed by atoms with Gasteiger partial charge in [0.15, 0.2) is 0 Å². The van der Waals surface area contributed by atoms with Crippen molar-refractivity contribution in [1.82, 2.24) is 0 Å². The molecule has 0 aliphatic carbocycles. The Morgan fingerprint density at radius 3 is 1.18 bits per heavy atom. The molecule has 0 unspecified atom stereocenters. The Morgan fingerprint density at radius 1 is 0.382 bits per heavy atom. The minimum absolute atomic E-state index is 0.998. The van der Waals surface area contributed by atoms with Gasteiger partial charge in [0, 0.05) is 0 Å². The molecule has 34 heavy (non-hydrogen) atoms. The van der Waals surface area contributed by atoms with E-state index in [9.17, 15) is 0 Å². The molecule has 0 fully saturated rings. The maximum Gasteiger partial charge on any atom is -0.00229 e. The van der Waals surface area contributed by atoms with E-state index >= 15 is 0 Å². The standard InChI is InChI=1S/C34H38/c1-5-26-8-12-28(13-9-26)21-29-16-18-31(19-17-29)23-34-20-25(4)33(24-32(34)7-3)22-30-14-10-27(6-2)11-15-30/h8-20,24H,5-7,21-23H2,1-4H3. The van der Waals surface area contributed by atoms with Crippen LogP contribution in [0.4, 0.5) is 0 Å². The van der Waals surface area contributed by atoms with E-state index in [4.69, 9.17) is 0 Å². The van der Waals surface area contributed by atoms with Gasteiger partial charge in [0.2, 0.25) is 0 Å². The Bertz CT molecular complexity index is 1190. The molecule has 0 radical (unpaired) electrons. The van der Waals surface area contributed by atoms with Crippen molar-refractivity contribution in [3.8, 4) is 0 Å². The topological polar surface area (TPSA) is 0 Å². The van der Waals surface area contributed by atoms with Crippen LogP contribution in [0.1, 0.15) is 76.4 Å². The van der Waals surface area contributed by atoms with Crippen LogP contribution < -0.4 is 0 Å². The molecule has 0 aliphatic rings. The molecular weight excluding hydrogens is 408 g/mol. The fourth-order valence-corrected chi connectivity index (χ4v) is 4.78. The van der Waals surface area contributed by atoms with Crippen LogP contribution in [0.3, 0.4) is 0 Å². The minimum atomic E-state index is 0.998. The van der Waals surface area contributed by atoms with E-state index in [0.29, 0.717) is 0 Å². The fourth-order valence-electron chi connectivity index (χ4n) is 4.78. The summed E-state index contributed by atoms with van der Waals surface area (Å²) in [5.74, 6) is 0. The summed E-state index contributed by atoms with van der Waals surface area (Å²) in [5.41, 5.74) is 14.2. The zero-order chi connectivity index (χ0) is 23.9. The Labute approximate surface area is 206 Å². The summed E-state index contributed by atoms with van der Waals surface area (Å²) in [6, 6.07) is 32.3. The molecule has 0 bridgehead atoms. The van der Waals surface area contributed by atoms with Crippen molar-refractivity contribution >= 4 is 0 Å². The van der Waals surface area contributed by atoms with E-state index in [1.165, 1.54) is 55.6 Å². The lowest BCUT2D eigenvalue weighted by Gasteiger charge is -2.15. The van der Waals surface area contributed by atoms with E-state index in [0.717, 1.165) is 38.5 Å². The Balaban J connectivity index is 1.46. The molecule has 0 atom stereocenters. The van der Waals surface area contributed by atoms with Gasteiger partial charge in [0.1, 0.15) is 0 Å². The van der Waals surface area contributed by atoms with E-state index in [1.807, 2.05) is 0 Å². The average molecular weight is 447 g/mol. The smallest absolute Gasteiger partial charge is 0.00229 e. The van der Waals surface area contributed by atoms with Crippen molar-refractivity contribution in [2.24, 2.45) is 0 Å². The molecule has 0 amide bonds. The number of benzene rings is 4. The van der Waals surface area contributed by atoms with Gasteiger partial charge < -0.3 is 0 Å². The van der Waals surface area contributed by atoms with E-state index < -0.39 is 0 Å². The average Bonchev–Trinajstić information content (AvgIpc) is 2.87. The maximum atomic E-state index is 2.45. The van der Waals surface area contributed by atoms with Gasteiger partial charge >= 0.3 is 0 Å². The lowest BCUT2D eigenvalue weighted by Crippen LogP contribution is -2.01. The summed E-state index contributed by atoms with van der Waals surface area (Å²) in [6.07, 6.45) is 6.28. The fraction of sp³-hybridized carbons (Fsp3) is 0.294. The summed E-state index contributed by atoms with van der Waals surface area (Å²) in [7, 11) is 0. The predicted molar refractivity (Wildman–Crippen MR) is 147 cm³/mol. The molecule has 0 saturated carbocycles. The summed E-state index contributed by atoms with van der Waals surface area (Å²) in [5, 5.41) is 0. The second-order valence-electron chi connectivity index (χ2n) is 9.59. The molecule has 0 saturated heterocycles. The zero-order valence-corrected chi connectivity index (χ0v) is 21.3. The number of hydrogen-bond donors (Lipinski definition) is 0. The summed E-state index contributed by atoms with van der Waals surface area (Å²) >= 11 is 0. The van der Waals surface area contributed by atoms with Gasteiger partial charge in [-0.3, -0.25) is 0 Å². The van der Waals surface area contributed by atoms with Gasteiger partial charge in [0.05, 0.1) is 0 Å². The molecular formula is C34H38. The SMILES string of the molecule is CCc1ccc(Cc2ccc(Cc3cc(C)c(Cc4ccc(CC)cc4)cc3CC)cc2)cc1. The summed E-state index contributed by atoms with van der Waals surface area (Å²) in [4.78, 5) is 0. The number of rotatable bonds is 9. The van der Waals surface area contributed by atoms with Crippen LogP contribution >= 0.6 is 0 Å². The van der Waals surface area contributed by atoms with Crippen LogP contribution in [-0.4, -0.2) is 0 Å². The van der Waals surface area contributed by atoms with Gasteiger partial charge in [-0.05, 0) is 101 Å². The van der Waals surface area contributed by atoms with Crippen molar-refractivity contribution in [1.29, 1.82) is 0 Å². The first kappa shape index (κ1) is 24.0. The molecule has 0 aliphatic heterocycles. The van der Waals surface area contributed by atoms with Crippen LogP contribution in [0.2, 0.25) is 0 Å². The van der Waals surface area contributed by atoms with Gasteiger partial charge in [0.25, 0.3) is 0 Å². The van der Waals surface area contributed by atoms with Gasteiger partial charge in [-0.25, -0.2) is 0 Å². The third-order valence-corrected chi connectivity index (χ3v) is 7.12. The van der Waals surface area contributed by atoms with Crippen molar-refractivity contribution in [3.63, 3.8) is 0 Å². The highest BCUT2D eigenvalue weighted by molar-refractivity contribution is 5.43. The van der Waals surface area contributed by atoms with Gasteiger partial charge in [-0.2, -0.15) is 0 Å². The van der Waals surface area contributed by atoms with Crippen LogP contribution in [-0.2, 0) is 38.5 Å². The predicted octanol–water partition coefficient (Wildman–Crippen LogP) is 8.45. The lowest BCUT2D eigenvalue weighted by molar-refractivity contribution is 1.03. The molecule has 4 aromatic carbocycles. The first-order valence-electron chi connectivity index (χ1n) is 12.9. The zero-order valence-electron chi connectivity index (χ0n) is 21.3. The van der Waals surface area contributed by atoms with Crippen molar-refractivity contribution in [3.05, 3.63) is 141 Å². The monoisotopic (exact) mass is 446 g/mol. The van der Waals surface area contributed by atoms with Crippen molar-refractivity contribution < 1.29 is 0 Å². The highest BCUT2D eigenvalue weighted by Crippen LogP contribution is 2.24. The molecule has 0 N–H and O–H groups in total. The quantitative estimate of drug-likeness (QED) is 0.242. The highest BCUT2D eigenvalue weighted by atomic mass is 14.1. The van der Waals surface area contributed by atoms with Crippen molar-refractivity contribution in [2.45, 2.75) is 66.2 Å². The van der Waals surface area contributed by atoms with Crippen LogP contribution in [0.15, 0.2) is 84.9 Å². The van der Waals surface area contributed by atoms with E-state index in [-0.39, 0.29) is 0 Å². The maximum absolute atomic E-state index is 2.45. The van der Waals surface area contributed by atoms with E-state index in [1.54, 1.807) is 0 Å². The first-order chi connectivity index (χ1) is 16.6.